The molecule has 4 N–H and O–H groups in total. The van der Waals surface area contributed by atoms with Gasteiger partial charge in [-0.1, -0.05) is 58.4 Å². The molecule has 1 spiro atoms. The number of rotatable bonds is 5. The Balaban J connectivity index is 1.31. The van der Waals surface area contributed by atoms with E-state index in [9.17, 15) is 19.5 Å². The highest BCUT2D eigenvalue weighted by atomic mass is 35.5. The first-order chi connectivity index (χ1) is 18.7. The second-order valence-corrected chi connectivity index (χ2v) is 13.8. The first kappa shape index (κ1) is 28.6. The number of aliphatic hydroxyl groups is 1. The molecule has 1 aliphatic carbocycles. The van der Waals surface area contributed by atoms with Crippen LogP contribution in [0.2, 0.25) is 5.02 Å². The molecule has 2 aliphatic heterocycles. The van der Waals surface area contributed by atoms with Gasteiger partial charge in [0.1, 0.15) is 11.9 Å². The molecule has 0 bridgehead atoms. The molecule has 1 aromatic carbocycles. The third kappa shape index (κ3) is 4.71. The average molecular weight is 570 g/mol. The maximum absolute atomic E-state index is 13.9. The van der Waals surface area contributed by atoms with Crippen molar-refractivity contribution < 1.29 is 19.5 Å². The predicted molar refractivity (Wildman–Crippen MR) is 153 cm³/mol. The quantitative estimate of drug-likeness (QED) is 0.431. The minimum absolute atomic E-state index is 0.0806. The van der Waals surface area contributed by atoms with Gasteiger partial charge in [-0.3, -0.25) is 19.5 Å². The van der Waals surface area contributed by atoms with E-state index in [0.717, 1.165) is 11.1 Å². The lowest BCUT2D eigenvalue weighted by atomic mass is 9.66. The Bertz CT molecular complexity index is 1320. The first-order valence-corrected chi connectivity index (χ1v) is 14.5. The third-order valence-corrected chi connectivity index (χ3v) is 9.96. The van der Waals surface area contributed by atoms with Crippen LogP contribution in [0, 0.1) is 16.7 Å². The summed E-state index contributed by atoms with van der Waals surface area (Å²) in [5.41, 5.74) is -1.19. The van der Waals surface area contributed by atoms with Gasteiger partial charge in [-0.25, -0.2) is 0 Å². The lowest BCUT2D eigenvalue weighted by Crippen LogP contribution is -2.61. The summed E-state index contributed by atoms with van der Waals surface area (Å²) in [4.78, 5) is 41.9. The number of anilines is 1. The second-order valence-electron chi connectivity index (χ2n) is 13.4. The summed E-state index contributed by atoms with van der Waals surface area (Å²) in [7, 11) is 0. The molecule has 1 aromatic heterocycles. The maximum atomic E-state index is 13.9. The Labute approximate surface area is 240 Å². The van der Waals surface area contributed by atoms with Gasteiger partial charge in [0.15, 0.2) is 0 Å². The van der Waals surface area contributed by atoms with E-state index in [0.29, 0.717) is 56.0 Å². The van der Waals surface area contributed by atoms with Crippen molar-refractivity contribution in [1.29, 1.82) is 0 Å². The molecule has 5 rings (SSSR count). The van der Waals surface area contributed by atoms with Crippen LogP contribution in [0.4, 0.5) is 5.82 Å². The molecular weight excluding hydrogens is 530 g/mol. The number of benzene rings is 1. The molecule has 0 radical (unpaired) electrons. The van der Waals surface area contributed by atoms with Gasteiger partial charge in [0.05, 0.1) is 11.8 Å². The number of piperidine rings is 1. The van der Waals surface area contributed by atoms with E-state index in [1.165, 1.54) is 0 Å². The van der Waals surface area contributed by atoms with E-state index >= 15 is 0 Å². The van der Waals surface area contributed by atoms with E-state index in [1.54, 1.807) is 23.2 Å². The lowest BCUT2D eigenvalue weighted by molar-refractivity contribution is -0.157. The molecule has 1 saturated heterocycles. The Hall–Kier alpha value is -2.91. The summed E-state index contributed by atoms with van der Waals surface area (Å²) in [6.07, 6.45) is 4.26. The minimum atomic E-state index is -1.12. The van der Waals surface area contributed by atoms with Crippen LogP contribution < -0.4 is 10.6 Å². The van der Waals surface area contributed by atoms with Gasteiger partial charge in [-0.2, -0.15) is 5.10 Å². The summed E-state index contributed by atoms with van der Waals surface area (Å²) in [5, 5.41) is 25.3. The Kier molecular flexibility index (Phi) is 7.06. The van der Waals surface area contributed by atoms with Crippen molar-refractivity contribution in [3.8, 4) is 0 Å². The zero-order valence-electron chi connectivity index (χ0n) is 23.9. The number of carbonyl (C=O) groups is 3. The van der Waals surface area contributed by atoms with Crippen LogP contribution in [0.3, 0.4) is 0 Å². The van der Waals surface area contributed by atoms with Gasteiger partial charge < -0.3 is 20.6 Å². The van der Waals surface area contributed by atoms with Crippen molar-refractivity contribution in [2.45, 2.75) is 83.8 Å². The molecular formula is C30H40ClN5O4. The van der Waals surface area contributed by atoms with Crippen LogP contribution in [0.15, 0.2) is 30.5 Å². The number of H-pyrrole nitrogens is 1. The zero-order valence-corrected chi connectivity index (χ0v) is 24.7. The number of hydrogen-bond donors (Lipinski definition) is 4. The number of fused-ring (bicyclic) bond motifs is 2. The largest absolute Gasteiger partial charge is 0.384 e. The molecule has 40 heavy (non-hydrogen) atoms. The summed E-state index contributed by atoms with van der Waals surface area (Å²) in [5.74, 6) is 0.100. The van der Waals surface area contributed by atoms with Crippen molar-refractivity contribution in [1.82, 2.24) is 20.4 Å². The van der Waals surface area contributed by atoms with Gasteiger partial charge in [0.2, 0.25) is 17.7 Å². The van der Waals surface area contributed by atoms with Crippen LogP contribution in [0.1, 0.15) is 77.8 Å². The molecule has 9 nitrogen and oxygen atoms in total. The summed E-state index contributed by atoms with van der Waals surface area (Å²) in [6, 6.07) is 6.53. The Morgan fingerprint density at radius 1 is 1.12 bits per heavy atom. The molecule has 10 heteroatoms. The highest BCUT2D eigenvalue weighted by molar-refractivity contribution is 6.30. The fourth-order valence-electron chi connectivity index (χ4n) is 7.18. The van der Waals surface area contributed by atoms with Crippen molar-refractivity contribution >= 4 is 35.1 Å². The van der Waals surface area contributed by atoms with E-state index < -0.39 is 27.9 Å². The van der Waals surface area contributed by atoms with Crippen molar-refractivity contribution in [3.05, 3.63) is 46.6 Å². The SMILES string of the molecule is CC(C)[C@@H](NC(=O)[C@]1(C)CCC2(CC(=O)Nc3[nH]ncc32)C1)C(=O)N1CC[C@](O)(c2ccc(Cl)cc2)C(C)(C)C1. The van der Waals surface area contributed by atoms with Gasteiger partial charge in [-0.15, -0.1) is 0 Å². The number of halogens is 1. The minimum Gasteiger partial charge on any atom is -0.384 e. The molecule has 1 saturated carbocycles. The number of aromatic nitrogens is 2. The lowest BCUT2D eigenvalue weighted by Gasteiger charge is -2.51. The van der Waals surface area contributed by atoms with Crippen molar-refractivity contribution in [3.63, 3.8) is 0 Å². The highest BCUT2D eigenvalue weighted by Gasteiger charge is 2.55. The molecule has 3 heterocycles. The number of nitrogens with one attached hydrogen (secondary N) is 3. The van der Waals surface area contributed by atoms with Crippen LogP contribution in [-0.4, -0.2) is 57.1 Å². The fourth-order valence-corrected chi connectivity index (χ4v) is 7.31. The van der Waals surface area contributed by atoms with Crippen LogP contribution in [-0.2, 0) is 25.4 Å². The second kappa shape index (κ2) is 9.87. The smallest absolute Gasteiger partial charge is 0.245 e. The molecule has 3 aliphatic rings. The summed E-state index contributed by atoms with van der Waals surface area (Å²) < 4.78 is 0. The number of amides is 3. The Morgan fingerprint density at radius 2 is 1.82 bits per heavy atom. The van der Waals surface area contributed by atoms with Crippen molar-refractivity contribution in [2.75, 3.05) is 18.4 Å². The van der Waals surface area contributed by atoms with Crippen LogP contribution in [0.25, 0.3) is 0 Å². The summed E-state index contributed by atoms with van der Waals surface area (Å²) >= 11 is 6.07. The molecule has 2 fully saturated rings. The molecule has 4 atom stereocenters. The number of nitrogens with zero attached hydrogens (tertiary/aromatic N) is 2. The number of hydrogen-bond acceptors (Lipinski definition) is 5. The van der Waals surface area contributed by atoms with Crippen molar-refractivity contribution in [2.24, 2.45) is 16.7 Å². The zero-order chi connectivity index (χ0) is 29.1. The van der Waals surface area contributed by atoms with Crippen LogP contribution in [0.5, 0.6) is 0 Å². The standard InChI is InChI=1S/C30H40ClN5O4/c1-18(2)23(25(38)36-13-12-30(40,27(3,4)17-36)19-6-8-20(31)9-7-19)34-26(39)28(5)10-11-29(16-28)14-22(37)33-24-21(29)15-32-35-24/h6-9,15,18,23,40H,10-14,16-17H2,1-5H3,(H,34,39)(H2,32,33,35,37)/t23-,28-,29?,30+/m1/s1. The number of aromatic amines is 1. The topological polar surface area (TPSA) is 127 Å². The van der Waals surface area contributed by atoms with Crippen LogP contribution >= 0.6 is 11.6 Å². The van der Waals surface area contributed by atoms with E-state index in [4.69, 9.17) is 11.6 Å². The van der Waals surface area contributed by atoms with E-state index in [-0.39, 0.29) is 23.6 Å². The van der Waals surface area contributed by atoms with Gasteiger partial charge in [0, 0.05) is 46.3 Å². The maximum Gasteiger partial charge on any atom is 0.245 e. The van der Waals surface area contributed by atoms with E-state index in [1.807, 2.05) is 46.8 Å². The monoisotopic (exact) mass is 569 g/mol. The number of likely N-dealkylation sites (tertiary alicyclic amines) is 1. The summed E-state index contributed by atoms with van der Waals surface area (Å²) in [6.45, 7) is 10.5. The predicted octanol–water partition coefficient (Wildman–Crippen LogP) is 4.12. The van der Waals surface area contributed by atoms with Gasteiger partial charge in [0.25, 0.3) is 0 Å². The van der Waals surface area contributed by atoms with Gasteiger partial charge >= 0.3 is 0 Å². The van der Waals surface area contributed by atoms with Gasteiger partial charge in [-0.05, 0) is 49.3 Å². The first-order valence-electron chi connectivity index (χ1n) is 14.1. The number of carbonyl (C=O) groups excluding carboxylic acids is 3. The average Bonchev–Trinajstić information content (AvgIpc) is 3.49. The normalized spacial score (nSPS) is 30.2. The fraction of sp³-hybridized carbons (Fsp3) is 0.600. The molecule has 216 valence electrons. The molecule has 2 aromatic rings. The van der Waals surface area contributed by atoms with E-state index in [2.05, 4.69) is 20.8 Å². The Morgan fingerprint density at radius 3 is 2.48 bits per heavy atom. The third-order valence-electron chi connectivity index (χ3n) is 9.71. The molecule has 1 unspecified atom stereocenters. The highest BCUT2D eigenvalue weighted by Crippen LogP contribution is 2.55. The molecule has 3 amide bonds.